The summed E-state index contributed by atoms with van der Waals surface area (Å²) in [7, 11) is 0. The number of carbonyl (C=O) groups excluding carboxylic acids is 1. The first-order valence-corrected chi connectivity index (χ1v) is 7.94. The van der Waals surface area contributed by atoms with Gasteiger partial charge in [-0.15, -0.1) is 22.7 Å². The second kappa shape index (κ2) is 4.54. The Morgan fingerprint density at radius 1 is 1.55 bits per heavy atom. The number of nitrogens with zero attached hydrogens (tertiary/aromatic N) is 2. The van der Waals surface area contributed by atoms with Crippen LogP contribution in [0.25, 0.3) is 15.3 Å². The molecule has 5 nitrogen and oxygen atoms in total. The van der Waals surface area contributed by atoms with E-state index < -0.39 is 11.6 Å². The van der Waals surface area contributed by atoms with Crippen molar-refractivity contribution in [3.63, 3.8) is 0 Å². The number of imidazole rings is 1. The zero-order valence-corrected chi connectivity index (χ0v) is 13.0. The molecule has 0 aliphatic rings. The largest absolute Gasteiger partial charge is 0.391 e. The van der Waals surface area contributed by atoms with E-state index in [2.05, 4.69) is 10.3 Å². The van der Waals surface area contributed by atoms with Crippen LogP contribution in [-0.2, 0) is 0 Å². The SMILES string of the molecule is CC(O)C(C)(C)NC(=O)c1cc2c(nc3sccn32)s1. The monoisotopic (exact) mass is 309 g/mol. The smallest absolute Gasteiger partial charge is 0.262 e. The Labute approximate surface area is 123 Å². The minimum absolute atomic E-state index is 0.178. The summed E-state index contributed by atoms with van der Waals surface area (Å²) in [4.78, 5) is 19.1. The number of aliphatic hydroxyl groups excluding tert-OH is 1. The zero-order valence-electron chi connectivity index (χ0n) is 11.4. The Kier molecular flexibility index (Phi) is 3.07. The van der Waals surface area contributed by atoms with Gasteiger partial charge in [0.2, 0.25) is 0 Å². The van der Waals surface area contributed by atoms with Crippen LogP contribution in [0.5, 0.6) is 0 Å². The standard InChI is InChI=1S/C13H15N3O2S2/c1-7(17)13(2,3)15-10(18)9-6-8-11(20-9)14-12-16(8)4-5-19-12/h4-7,17H,1-3H3,(H,15,18). The first kappa shape index (κ1) is 13.5. The van der Waals surface area contributed by atoms with Gasteiger partial charge in [-0.2, -0.15) is 0 Å². The fraction of sp³-hybridized carbons (Fsp3) is 0.385. The number of amides is 1. The van der Waals surface area contributed by atoms with Crippen LogP contribution < -0.4 is 5.32 Å². The number of carbonyl (C=O) groups is 1. The molecule has 0 saturated heterocycles. The normalized spacial score (nSPS) is 14.0. The first-order valence-electron chi connectivity index (χ1n) is 6.24. The van der Waals surface area contributed by atoms with Crippen LogP contribution in [0.15, 0.2) is 17.6 Å². The van der Waals surface area contributed by atoms with E-state index in [1.807, 2.05) is 22.0 Å². The summed E-state index contributed by atoms with van der Waals surface area (Å²) < 4.78 is 1.98. The van der Waals surface area contributed by atoms with Crippen LogP contribution in [0.3, 0.4) is 0 Å². The van der Waals surface area contributed by atoms with Crippen LogP contribution in [0.1, 0.15) is 30.4 Å². The van der Waals surface area contributed by atoms with Gasteiger partial charge in [0.15, 0.2) is 4.96 Å². The van der Waals surface area contributed by atoms with Gasteiger partial charge in [-0.1, -0.05) is 0 Å². The van der Waals surface area contributed by atoms with Crippen molar-refractivity contribution in [1.82, 2.24) is 14.7 Å². The lowest BCUT2D eigenvalue weighted by Gasteiger charge is -2.28. The van der Waals surface area contributed by atoms with Crippen LogP contribution >= 0.6 is 22.7 Å². The van der Waals surface area contributed by atoms with Crippen molar-refractivity contribution in [3.8, 4) is 0 Å². The number of thiophene rings is 1. The van der Waals surface area contributed by atoms with Crippen molar-refractivity contribution in [2.24, 2.45) is 0 Å². The topological polar surface area (TPSA) is 66.6 Å². The Hall–Kier alpha value is -1.44. The lowest BCUT2D eigenvalue weighted by atomic mass is 9.99. The number of hydrogen-bond donors (Lipinski definition) is 2. The van der Waals surface area contributed by atoms with Crippen molar-refractivity contribution in [2.75, 3.05) is 0 Å². The summed E-state index contributed by atoms with van der Waals surface area (Å²) in [6.07, 6.45) is 1.32. The molecule has 7 heteroatoms. The second-order valence-electron chi connectivity index (χ2n) is 5.32. The van der Waals surface area contributed by atoms with Gasteiger partial charge < -0.3 is 10.4 Å². The van der Waals surface area contributed by atoms with Gasteiger partial charge in [0.05, 0.1) is 22.0 Å². The van der Waals surface area contributed by atoms with E-state index in [1.54, 1.807) is 32.1 Å². The molecule has 0 spiro atoms. The van der Waals surface area contributed by atoms with Gasteiger partial charge in [0.25, 0.3) is 5.91 Å². The third kappa shape index (κ3) is 2.11. The summed E-state index contributed by atoms with van der Waals surface area (Å²) >= 11 is 2.94. The maximum Gasteiger partial charge on any atom is 0.262 e. The second-order valence-corrected chi connectivity index (χ2v) is 7.22. The molecule has 106 valence electrons. The van der Waals surface area contributed by atoms with Crippen LogP contribution in [0.4, 0.5) is 0 Å². The van der Waals surface area contributed by atoms with Crippen molar-refractivity contribution in [1.29, 1.82) is 0 Å². The average molecular weight is 309 g/mol. The maximum atomic E-state index is 12.3. The Morgan fingerprint density at radius 2 is 2.30 bits per heavy atom. The van der Waals surface area contributed by atoms with Crippen molar-refractivity contribution < 1.29 is 9.90 Å². The van der Waals surface area contributed by atoms with E-state index in [4.69, 9.17) is 0 Å². The molecular weight excluding hydrogens is 294 g/mol. The Morgan fingerprint density at radius 3 is 3.00 bits per heavy atom. The molecule has 0 radical (unpaired) electrons. The summed E-state index contributed by atoms with van der Waals surface area (Å²) in [6, 6.07) is 1.85. The number of aromatic nitrogens is 2. The van der Waals surface area contributed by atoms with Crippen molar-refractivity contribution in [2.45, 2.75) is 32.4 Å². The van der Waals surface area contributed by atoms with Gasteiger partial charge in [0.1, 0.15) is 4.83 Å². The van der Waals surface area contributed by atoms with Crippen LogP contribution in [0.2, 0.25) is 0 Å². The highest BCUT2D eigenvalue weighted by Crippen LogP contribution is 2.28. The molecule has 1 amide bonds. The summed E-state index contributed by atoms with van der Waals surface area (Å²) in [6.45, 7) is 5.26. The minimum atomic E-state index is -0.663. The molecule has 2 N–H and O–H groups in total. The molecular formula is C13H15N3O2S2. The molecule has 20 heavy (non-hydrogen) atoms. The zero-order chi connectivity index (χ0) is 14.5. The fourth-order valence-corrected chi connectivity index (χ4v) is 3.51. The highest BCUT2D eigenvalue weighted by molar-refractivity contribution is 7.21. The lowest BCUT2D eigenvalue weighted by Crippen LogP contribution is -2.50. The van der Waals surface area contributed by atoms with Crippen molar-refractivity contribution in [3.05, 3.63) is 22.5 Å². The molecule has 3 aromatic heterocycles. The Bertz CT molecular complexity index is 782. The lowest BCUT2D eigenvalue weighted by molar-refractivity contribution is 0.0713. The molecule has 1 unspecified atom stereocenters. The molecule has 1 atom stereocenters. The van der Waals surface area contributed by atoms with E-state index in [0.717, 1.165) is 15.3 Å². The third-order valence-electron chi connectivity index (χ3n) is 3.44. The predicted molar refractivity (Wildman–Crippen MR) is 81.7 cm³/mol. The summed E-state index contributed by atoms with van der Waals surface area (Å²) in [5.41, 5.74) is 0.287. The minimum Gasteiger partial charge on any atom is -0.391 e. The van der Waals surface area contributed by atoms with E-state index in [0.29, 0.717) is 4.88 Å². The first-order chi connectivity index (χ1) is 9.38. The number of hydrogen-bond acceptors (Lipinski definition) is 5. The number of thiazole rings is 1. The Balaban J connectivity index is 1.93. The summed E-state index contributed by atoms with van der Waals surface area (Å²) in [5.74, 6) is -0.178. The van der Waals surface area contributed by atoms with Gasteiger partial charge >= 0.3 is 0 Å². The summed E-state index contributed by atoms with van der Waals surface area (Å²) in [5, 5.41) is 14.5. The molecule has 0 fully saturated rings. The van der Waals surface area contributed by atoms with E-state index in [1.165, 1.54) is 11.3 Å². The number of fused-ring (bicyclic) bond motifs is 3. The van der Waals surface area contributed by atoms with E-state index in [9.17, 15) is 9.90 Å². The quantitative estimate of drug-likeness (QED) is 0.781. The molecule has 3 aromatic rings. The van der Waals surface area contributed by atoms with Gasteiger partial charge in [-0.25, -0.2) is 4.98 Å². The number of nitrogens with one attached hydrogen (secondary N) is 1. The fourth-order valence-electron chi connectivity index (χ4n) is 1.82. The highest BCUT2D eigenvalue weighted by atomic mass is 32.1. The molecule has 0 aliphatic heterocycles. The molecule has 0 aromatic carbocycles. The molecule has 0 saturated carbocycles. The number of aliphatic hydroxyl groups is 1. The molecule has 0 bridgehead atoms. The molecule has 3 heterocycles. The third-order valence-corrected chi connectivity index (χ3v) is 5.22. The highest BCUT2D eigenvalue weighted by Gasteiger charge is 2.27. The van der Waals surface area contributed by atoms with Gasteiger partial charge in [-0.05, 0) is 26.8 Å². The van der Waals surface area contributed by atoms with Crippen LogP contribution in [0, 0.1) is 0 Å². The van der Waals surface area contributed by atoms with E-state index in [-0.39, 0.29) is 5.91 Å². The maximum absolute atomic E-state index is 12.3. The van der Waals surface area contributed by atoms with Crippen molar-refractivity contribution >= 4 is 43.9 Å². The molecule has 0 aliphatic carbocycles. The van der Waals surface area contributed by atoms with Gasteiger partial charge in [-0.3, -0.25) is 9.20 Å². The molecule has 3 rings (SSSR count). The predicted octanol–water partition coefficient (Wildman–Crippen LogP) is 2.50. The van der Waals surface area contributed by atoms with Gasteiger partial charge in [0, 0.05) is 11.6 Å². The van der Waals surface area contributed by atoms with E-state index >= 15 is 0 Å². The number of rotatable bonds is 3. The average Bonchev–Trinajstić information content (AvgIpc) is 2.97. The van der Waals surface area contributed by atoms with Crippen LogP contribution in [-0.4, -0.2) is 32.0 Å².